The molecule has 2 N–H and O–H groups in total. The van der Waals surface area contributed by atoms with Crippen LogP contribution in [0.5, 0.6) is 0 Å². The molecule has 3 atom stereocenters. The highest BCUT2D eigenvalue weighted by molar-refractivity contribution is 5.69. The van der Waals surface area contributed by atoms with Crippen molar-refractivity contribution in [3.8, 4) is 0 Å². The Morgan fingerprint density at radius 1 is 1.20 bits per heavy atom. The normalized spacial score (nSPS) is 25.0. The van der Waals surface area contributed by atoms with Crippen LogP contribution in [0.15, 0.2) is 24.3 Å². The van der Waals surface area contributed by atoms with Gasteiger partial charge in [0, 0.05) is 24.5 Å². The lowest BCUT2D eigenvalue weighted by Gasteiger charge is -2.42. The van der Waals surface area contributed by atoms with Crippen LogP contribution in [0.3, 0.4) is 0 Å². The molecule has 1 saturated heterocycles. The number of hydrogen-bond donors (Lipinski definition) is 1. The van der Waals surface area contributed by atoms with E-state index >= 15 is 0 Å². The number of halogens is 3. The summed E-state index contributed by atoms with van der Waals surface area (Å²) in [5.41, 5.74) is 5.60. The maximum absolute atomic E-state index is 12.7. The highest BCUT2D eigenvalue weighted by Crippen LogP contribution is 2.33. The lowest BCUT2D eigenvalue weighted by atomic mass is 9.85. The lowest BCUT2D eigenvalue weighted by Crippen LogP contribution is -2.55. The zero-order valence-corrected chi connectivity index (χ0v) is 14.9. The summed E-state index contributed by atoms with van der Waals surface area (Å²) in [4.78, 5) is 14.0. The van der Waals surface area contributed by atoms with Crippen LogP contribution in [0.2, 0.25) is 0 Å². The minimum Gasteiger partial charge on any atom is -0.444 e. The number of hydrogen-bond acceptors (Lipinski definition) is 3. The van der Waals surface area contributed by atoms with E-state index in [1.807, 2.05) is 6.92 Å². The average molecular weight is 358 g/mol. The van der Waals surface area contributed by atoms with Crippen LogP contribution in [0.4, 0.5) is 18.0 Å². The van der Waals surface area contributed by atoms with E-state index in [0.717, 1.165) is 17.7 Å². The van der Waals surface area contributed by atoms with Crippen LogP contribution in [-0.4, -0.2) is 35.2 Å². The molecule has 0 bridgehead atoms. The van der Waals surface area contributed by atoms with Gasteiger partial charge >= 0.3 is 12.3 Å². The molecule has 1 aromatic carbocycles. The molecule has 2 rings (SSSR count). The number of carbonyl (C=O) groups is 1. The first-order valence-electron chi connectivity index (χ1n) is 8.31. The topological polar surface area (TPSA) is 55.6 Å². The van der Waals surface area contributed by atoms with Crippen molar-refractivity contribution in [1.29, 1.82) is 0 Å². The zero-order chi connectivity index (χ0) is 19.0. The Balaban J connectivity index is 2.18. The van der Waals surface area contributed by atoms with Gasteiger partial charge in [-0.2, -0.15) is 13.2 Å². The van der Waals surface area contributed by atoms with Gasteiger partial charge in [0.2, 0.25) is 0 Å². The van der Waals surface area contributed by atoms with Crippen molar-refractivity contribution in [2.45, 2.75) is 63.9 Å². The maximum Gasteiger partial charge on any atom is 0.416 e. The average Bonchev–Trinajstić information content (AvgIpc) is 2.47. The smallest absolute Gasteiger partial charge is 0.416 e. The van der Waals surface area contributed by atoms with Gasteiger partial charge in [0.1, 0.15) is 5.60 Å². The van der Waals surface area contributed by atoms with Crippen LogP contribution in [0.25, 0.3) is 0 Å². The molecule has 140 valence electrons. The first-order valence-corrected chi connectivity index (χ1v) is 8.31. The van der Waals surface area contributed by atoms with Crippen LogP contribution >= 0.6 is 0 Å². The zero-order valence-electron chi connectivity index (χ0n) is 14.9. The van der Waals surface area contributed by atoms with Crippen molar-refractivity contribution in [1.82, 2.24) is 4.90 Å². The number of amides is 1. The van der Waals surface area contributed by atoms with E-state index in [1.54, 1.807) is 25.7 Å². The Morgan fingerprint density at radius 3 is 2.24 bits per heavy atom. The van der Waals surface area contributed by atoms with E-state index in [9.17, 15) is 18.0 Å². The third kappa shape index (κ3) is 4.87. The van der Waals surface area contributed by atoms with Gasteiger partial charge in [-0.1, -0.05) is 12.1 Å². The summed E-state index contributed by atoms with van der Waals surface area (Å²) < 4.78 is 43.6. The lowest BCUT2D eigenvalue weighted by molar-refractivity contribution is -0.137. The minimum atomic E-state index is -4.36. The standard InChI is InChI=1S/C18H25F3N2O2/c1-11-15(22)9-13(10-23(11)16(24)25-17(2,3)4)12-5-7-14(8-6-12)18(19,20)21/h5-8,11,13,15H,9-10,22H2,1-4H3. The second-order valence-electron chi connectivity index (χ2n) is 7.59. The quantitative estimate of drug-likeness (QED) is 0.821. The van der Waals surface area contributed by atoms with E-state index < -0.39 is 23.4 Å². The van der Waals surface area contributed by atoms with Gasteiger partial charge in [-0.3, -0.25) is 0 Å². The Kier molecular flexibility index (Phi) is 5.37. The minimum absolute atomic E-state index is 0.124. The van der Waals surface area contributed by atoms with Gasteiger partial charge in [0.25, 0.3) is 0 Å². The maximum atomic E-state index is 12.7. The first kappa shape index (κ1) is 19.6. The molecule has 1 aromatic rings. The molecule has 0 saturated carbocycles. The van der Waals surface area contributed by atoms with Crippen LogP contribution in [0, 0.1) is 0 Å². The fourth-order valence-corrected chi connectivity index (χ4v) is 2.98. The molecule has 1 fully saturated rings. The molecule has 0 aliphatic carbocycles. The number of nitrogens with two attached hydrogens (primary N) is 1. The Hall–Kier alpha value is -1.76. The summed E-state index contributed by atoms with van der Waals surface area (Å²) in [7, 11) is 0. The molecule has 0 aromatic heterocycles. The van der Waals surface area contributed by atoms with Gasteiger partial charge < -0.3 is 15.4 Å². The van der Waals surface area contributed by atoms with Crippen molar-refractivity contribution < 1.29 is 22.7 Å². The van der Waals surface area contributed by atoms with E-state index in [1.165, 1.54) is 12.1 Å². The molecule has 1 heterocycles. The molecule has 1 amide bonds. The first-order chi connectivity index (χ1) is 11.4. The number of nitrogens with zero attached hydrogens (tertiary/aromatic N) is 1. The molecular weight excluding hydrogens is 333 g/mol. The fourth-order valence-electron chi connectivity index (χ4n) is 2.98. The van der Waals surface area contributed by atoms with Gasteiger partial charge in [-0.15, -0.1) is 0 Å². The third-order valence-corrected chi connectivity index (χ3v) is 4.42. The number of ether oxygens (including phenoxy) is 1. The molecule has 7 heteroatoms. The molecular formula is C18H25F3N2O2. The highest BCUT2D eigenvalue weighted by atomic mass is 19.4. The van der Waals surface area contributed by atoms with Gasteiger partial charge in [-0.25, -0.2) is 4.79 Å². The SMILES string of the molecule is CC1C(N)CC(c2ccc(C(F)(F)F)cc2)CN1C(=O)OC(C)(C)C. The van der Waals surface area contributed by atoms with Gasteiger partial charge in [0.05, 0.1) is 5.56 Å². The molecule has 1 aliphatic heterocycles. The largest absolute Gasteiger partial charge is 0.444 e. The Morgan fingerprint density at radius 2 is 1.76 bits per heavy atom. The second kappa shape index (κ2) is 6.86. The van der Waals surface area contributed by atoms with Crippen LogP contribution < -0.4 is 5.73 Å². The summed E-state index contributed by atoms with van der Waals surface area (Å²) in [5, 5.41) is 0. The fraction of sp³-hybridized carbons (Fsp3) is 0.611. The van der Waals surface area contributed by atoms with E-state index in [-0.39, 0.29) is 18.0 Å². The summed E-state index contributed by atoms with van der Waals surface area (Å²) in [6.45, 7) is 7.58. The van der Waals surface area contributed by atoms with Crippen molar-refractivity contribution in [2.24, 2.45) is 5.73 Å². The molecule has 0 radical (unpaired) electrons. The predicted octanol–water partition coefficient (Wildman–Crippen LogP) is 4.15. The molecule has 1 aliphatic rings. The second-order valence-corrected chi connectivity index (χ2v) is 7.59. The Bertz CT molecular complexity index is 608. The molecule has 3 unspecified atom stereocenters. The summed E-state index contributed by atoms with van der Waals surface area (Å²) in [5.74, 6) is -0.124. The Labute approximate surface area is 146 Å². The van der Waals surface area contributed by atoms with Crippen molar-refractivity contribution in [3.63, 3.8) is 0 Å². The predicted molar refractivity (Wildman–Crippen MR) is 89.2 cm³/mol. The highest BCUT2D eigenvalue weighted by Gasteiger charge is 2.37. The number of carbonyl (C=O) groups excluding carboxylic acids is 1. The third-order valence-electron chi connectivity index (χ3n) is 4.42. The number of rotatable bonds is 1. The number of benzene rings is 1. The molecule has 0 spiro atoms. The van der Waals surface area contributed by atoms with Crippen molar-refractivity contribution in [3.05, 3.63) is 35.4 Å². The summed E-state index contributed by atoms with van der Waals surface area (Å²) in [6.07, 6.45) is -4.21. The monoisotopic (exact) mass is 358 g/mol. The number of alkyl halides is 3. The summed E-state index contributed by atoms with van der Waals surface area (Å²) >= 11 is 0. The summed E-state index contributed by atoms with van der Waals surface area (Å²) in [6, 6.07) is 4.59. The number of likely N-dealkylation sites (tertiary alicyclic amines) is 1. The van der Waals surface area contributed by atoms with E-state index in [0.29, 0.717) is 13.0 Å². The molecule has 4 nitrogen and oxygen atoms in total. The van der Waals surface area contributed by atoms with Crippen LogP contribution in [-0.2, 0) is 10.9 Å². The van der Waals surface area contributed by atoms with E-state index in [4.69, 9.17) is 10.5 Å². The van der Waals surface area contributed by atoms with Gasteiger partial charge in [-0.05, 0) is 51.8 Å². The van der Waals surface area contributed by atoms with Gasteiger partial charge in [0.15, 0.2) is 0 Å². The van der Waals surface area contributed by atoms with Crippen molar-refractivity contribution >= 4 is 6.09 Å². The van der Waals surface area contributed by atoms with E-state index in [2.05, 4.69) is 0 Å². The number of piperidine rings is 1. The molecule has 25 heavy (non-hydrogen) atoms. The van der Waals surface area contributed by atoms with Crippen molar-refractivity contribution in [2.75, 3.05) is 6.54 Å². The van der Waals surface area contributed by atoms with Crippen LogP contribution in [0.1, 0.15) is 51.2 Å².